The largest absolute Gasteiger partial charge is 0.307 e. The third-order valence-corrected chi connectivity index (χ3v) is 5.30. The topological polar surface area (TPSA) is 22.0 Å². The van der Waals surface area contributed by atoms with Gasteiger partial charge in [0.25, 0.3) is 0 Å². The molecule has 22 heavy (non-hydrogen) atoms. The third-order valence-electron chi connectivity index (χ3n) is 4.18. The van der Waals surface area contributed by atoms with Crippen molar-refractivity contribution < 1.29 is 0 Å². The van der Waals surface area contributed by atoms with Gasteiger partial charge in [-0.2, -0.15) is 0 Å². The molecule has 1 aromatic heterocycles. The van der Waals surface area contributed by atoms with Crippen molar-refractivity contribution in [3.8, 4) is 5.69 Å². The Labute approximate surface area is 131 Å². The van der Waals surface area contributed by atoms with Crippen molar-refractivity contribution in [1.29, 1.82) is 0 Å². The fourth-order valence-corrected chi connectivity index (χ4v) is 4.33. The van der Waals surface area contributed by atoms with E-state index in [9.17, 15) is 4.79 Å². The number of nitrogens with zero attached hydrogens (tertiary/aromatic N) is 1. The quantitative estimate of drug-likeness (QED) is 0.390. The van der Waals surface area contributed by atoms with E-state index >= 15 is 0 Å². The molecule has 0 atom stereocenters. The minimum Gasteiger partial charge on any atom is -0.307 e. The van der Waals surface area contributed by atoms with Gasteiger partial charge in [-0.05, 0) is 36.4 Å². The maximum absolute atomic E-state index is 12.8. The highest BCUT2D eigenvalue weighted by molar-refractivity contribution is 7.99. The van der Waals surface area contributed by atoms with Crippen LogP contribution in [0.3, 0.4) is 0 Å². The molecule has 0 N–H and O–H groups in total. The first-order chi connectivity index (χ1) is 10.8. The van der Waals surface area contributed by atoms with Crippen LogP contribution in [0.2, 0.25) is 0 Å². The predicted molar refractivity (Wildman–Crippen MR) is 91.2 cm³/mol. The average molecular weight is 301 g/mol. The van der Waals surface area contributed by atoms with Gasteiger partial charge in [-0.15, -0.1) is 0 Å². The number of fused-ring (bicyclic) bond motifs is 4. The molecule has 0 bridgehead atoms. The SMILES string of the molecule is O=c1c2ccccc2n2c3c(cccc13)Sc1ccccc1-2. The molecule has 5 rings (SSSR count). The zero-order valence-corrected chi connectivity index (χ0v) is 12.4. The number of aromatic nitrogens is 1. The molecule has 1 aliphatic heterocycles. The summed E-state index contributed by atoms with van der Waals surface area (Å²) in [7, 11) is 0. The molecule has 0 aliphatic carbocycles. The van der Waals surface area contributed by atoms with E-state index in [0.717, 1.165) is 32.4 Å². The van der Waals surface area contributed by atoms with E-state index in [2.05, 4.69) is 28.8 Å². The Morgan fingerprint density at radius 2 is 1.45 bits per heavy atom. The van der Waals surface area contributed by atoms with Crippen LogP contribution in [-0.4, -0.2) is 4.57 Å². The van der Waals surface area contributed by atoms with Crippen LogP contribution < -0.4 is 5.43 Å². The van der Waals surface area contributed by atoms with Crippen LogP contribution in [0.1, 0.15) is 0 Å². The van der Waals surface area contributed by atoms with Crippen LogP contribution >= 0.6 is 11.8 Å². The minimum atomic E-state index is 0.115. The lowest BCUT2D eigenvalue weighted by molar-refractivity contribution is 1.08. The third kappa shape index (κ3) is 1.44. The fraction of sp³-hybridized carbons (Fsp3) is 0. The summed E-state index contributed by atoms with van der Waals surface area (Å²) in [6.45, 7) is 0. The van der Waals surface area contributed by atoms with Crippen molar-refractivity contribution in [1.82, 2.24) is 4.57 Å². The maximum atomic E-state index is 12.8. The summed E-state index contributed by atoms with van der Waals surface area (Å²) in [6.07, 6.45) is 0. The molecular formula is C19H11NOS. The normalized spacial score (nSPS) is 12.5. The summed E-state index contributed by atoms with van der Waals surface area (Å²) >= 11 is 1.73. The molecule has 104 valence electrons. The van der Waals surface area contributed by atoms with E-state index in [-0.39, 0.29) is 5.43 Å². The number of pyridine rings is 1. The number of benzene rings is 3. The smallest absolute Gasteiger partial charge is 0.197 e. The minimum absolute atomic E-state index is 0.115. The standard InChI is InChI=1S/C19H11NOS/c21-19-12-6-1-2-8-14(12)20-15-9-3-4-10-16(15)22-17-11-5-7-13(19)18(17)20/h1-11H. The van der Waals surface area contributed by atoms with Crippen molar-refractivity contribution in [2.24, 2.45) is 0 Å². The molecule has 0 saturated heterocycles. The second-order valence-corrected chi connectivity index (χ2v) is 6.49. The van der Waals surface area contributed by atoms with E-state index < -0.39 is 0 Å². The molecule has 3 aromatic carbocycles. The van der Waals surface area contributed by atoms with Gasteiger partial charge in [0.2, 0.25) is 0 Å². The summed E-state index contributed by atoms with van der Waals surface area (Å²) < 4.78 is 2.23. The number of hydrogen-bond donors (Lipinski definition) is 0. The zero-order valence-electron chi connectivity index (χ0n) is 11.6. The molecule has 4 aromatic rings. The van der Waals surface area contributed by atoms with Crippen LogP contribution in [0.5, 0.6) is 0 Å². The first-order valence-electron chi connectivity index (χ1n) is 7.18. The van der Waals surface area contributed by atoms with Gasteiger partial charge in [-0.1, -0.05) is 42.1 Å². The van der Waals surface area contributed by atoms with Crippen LogP contribution in [0.25, 0.3) is 27.5 Å². The van der Waals surface area contributed by atoms with Crippen molar-refractivity contribution in [2.75, 3.05) is 0 Å². The van der Waals surface area contributed by atoms with Gasteiger partial charge in [0.1, 0.15) is 0 Å². The van der Waals surface area contributed by atoms with Gasteiger partial charge in [0.05, 0.1) is 16.7 Å². The van der Waals surface area contributed by atoms with Gasteiger partial charge >= 0.3 is 0 Å². The summed E-state index contributed by atoms with van der Waals surface area (Å²) in [5.41, 5.74) is 3.26. The predicted octanol–water partition coefficient (Wildman–Crippen LogP) is 4.61. The summed E-state index contributed by atoms with van der Waals surface area (Å²) in [4.78, 5) is 15.2. The van der Waals surface area contributed by atoms with Crippen LogP contribution in [0.15, 0.2) is 81.3 Å². The molecule has 0 spiro atoms. The second-order valence-electron chi connectivity index (χ2n) is 5.40. The van der Waals surface area contributed by atoms with Gasteiger partial charge < -0.3 is 4.57 Å². The zero-order chi connectivity index (χ0) is 14.7. The summed E-state index contributed by atoms with van der Waals surface area (Å²) in [5, 5.41) is 1.56. The Morgan fingerprint density at radius 3 is 2.41 bits per heavy atom. The maximum Gasteiger partial charge on any atom is 0.197 e. The highest BCUT2D eigenvalue weighted by Crippen LogP contribution is 2.43. The molecular weight excluding hydrogens is 290 g/mol. The van der Waals surface area contributed by atoms with E-state index in [1.54, 1.807) is 11.8 Å². The Morgan fingerprint density at radius 1 is 0.727 bits per heavy atom. The Bertz CT molecular complexity index is 1130. The summed E-state index contributed by atoms with van der Waals surface area (Å²) in [5.74, 6) is 0. The van der Waals surface area contributed by atoms with Crippen molar-refractivity contribution >= 4 is 33.6 Å². The van der Waals surface area contributed by atoms with Gasteiger partial charge in [0, 0.05) is 20.6 Å². The van der Waals surface area contributed by atoms with Gasteiger partial charge in [-0.25, -0.2) is 0 Å². The van der Waals surface area contributed by atoms with Crippen molar-refractivity contribution in [3.05, 3.63) is 77.0 Å². The lowest BCUT2D eigenvalue weighted by Gasteiger charge is -2.24. The molecule has 3 heteroatoms. The van der Waals surface area contributed by atoms with Crippen LogP contribution in [0, 0.1) is 0 Å². The number of hydrogen-bond acceptors (Lipinski definition) is 2. The Hall–Kier alpha value is -2.52. The van der Waals surface area contributed by atoms with Crippen LogP contribution in [-0.2, 0) is 0 Å². The van der Waals surface area contributed by atoms with E-state index in [1.807, 2.05) is 42.5 Å². The Balaban J connectivity index is 2.16. The van der Waals surface area contributed by atoms with Crippen LogP contribution in [0.4, 0.5) is 0 Å². The molecule has 1 aliphatic rings. The fourth-order valence-electron chi connectivity index (χ4n) is 3.24. The van der Waals surface area contributed by atoms with Gasteiger partial charge in [0.15, 0.2) is 5.43 Å². The molecule has 0 amide bonds. The van der Waals surface area contributed by atoms with E-state index in [0.29, 0.717) is 0 Å². The molecule has 2 heterocycles. The van der Waals surface area contributed by atoms with E-state index in [1.165, 1.54) is 4.90 Å². The molecule has 0 unspecified atom stereocenters. The molecule has 2 nitrogen and oxygen atoms in total. The highest BCUT2D eigenvalue weighted by Gasteiger charge is 2.21. The lowest BCUT2D eigenvalue weighted by Crippen LogP contribution is -2.13. The number of rotatable bonds is 0. The van der Waals surface area contributed by atoms with Crippen molar-refractivity contribution in [2.45, 2.75) is 9.79 Å². The highest BCUT2D eigenvalue weighted by atomic mass is 32.2. The lowest BCUT2D eigenvalue weighted by atomic mass is 10.1. The van der Waals surface area contributed by atoms with Gasteiger partial charge in [-0.3, -0.25) is 4.79 Å². The first kappa shape index (κ1) is 12.1. The molecule has 0 saturated carbocycles. The monoisotopic (exact) mass is 301 g/mol. The van der Waals surface area contributed by atoms with Crippen molar-refractivity contribution in [3.63, 3.8) is 0 Å². The second kappa shape index (κ2) is 4.24. The summed E-state index contributed by atoms with van der Waals surface area (Å²) in [6, 6.07) is 22.2. The molecule has 0 fully saturated rings. The Kier molecular flexibility index (Phi) is 2.33. The average Bonchev–Trinajstić information content (AvgIpc) is 2.58. The number of para-hydroxylation sites is 3. The first-order valence-corrected chi connectivity index (χ1v) is 8.00. The molecule has 0 radical (unpaired) electrons. The van der Waals surface area contributed by atoms with E-state index in [4.69, 9.17) is 0 Å².